The molecule has 2 aliphatic rings. The molecule has 0 radical (unpaired) electrons. The number of nitrogens with two attached hydrogens (primary N) is 1. The number of benzene rings is 2. The molecule has 4 N–H and O–H groups in total. The molecule has 3 atom stereocenters. The van der Waals surface area contributed by atoms with Crippen LogP contribution in [-0.2, 0) is 38.8 Å². The molecule has 2 aromatic carbocycles. The third-order valence-corrected chi connectivity index (χ3v) is 6.37. The summed E-state index contributed by atoms with van der Waals surface area (Å²) in [6.07, 6.45) is -2.48. The molecule has 0 unspecified atom stereocenters. The van der Waals surface area contributed by atoms with E-state index in [-0.39, 0.29) is 24.0 Å². The van der Waals surface area contributed by atoms with Crippen molar-refractivity contribution in [2.24, 2.45) is 5.73 Å². The van der Waals surface area contributed by atoms with Gasteiger partial charge < -0.3 is 25.8 Å². The minimum Gasteiger partial charge on any atom is -0.475 e. The van der Waals surface area contributed by atoms with Crippen LogP contribution in [0.5, 0.6) is 0 Å². The minimum atomic E-state index is -5.08. The van der Waals surface area contributed by atoms with Gasteiger partial charge in [-0.2, -0.15) is 13.2 Å². The van der Waals surface area contributed by atoms with Gasteiger partial charge in [-0.1, -0.05) is 54.6 Å². The highest BCUT2D eigenvalue weighted by Gasteiger charge is 2.47. The minimum absolute atomic E-state index is 0.0189. The van der Waals surface area contributed by atoms with E-state index < -0.39 is 18.2 Å². The second-order valence-corrected chi connectivity index (χ2v) is 8.88. The molecule has 200 valence electrons. The van der Waals surface area contributed by atoms with E-state index in [0.29, 0.717) is 39.0 Å². The lowest BCUT2D eigenvalue weighted by atomic mass is 9.98. The Morgan fingerprint density at radius 2 is 1.62 bits per heavy atom. The number of nitrogens with one attached hydrogen (secondary N) is 1. The van der Waals surface area contributed by atoms with Crippen LogP contribution in [0.25, 0.3) is 0 Å². The third-order valence-electron chi connectivity index (χ3n) is 6.37. The van der Waals surface area contributed by atoms with Gasteiger partial charge in [-0.25, -0.2) is 4.79 Å². The molecule has 2 heterocycles. The van der Waals surface area contributed by atoms with Crippen LogP contribution in [0, 0.1) is 0 Å². The van der Waals surface area contributed by atoms with Gasteiger partial charge in [0.05, 0.1) is 18.8 Å². The van der Waals surface area contributed by atoms with E-state index in [1.165, 1.54) is 0 Å². The van der Waals surface area contributed by atoms with Gasteiger partial charge in [0, 0.05) is 19.5 Å². The summed E-state index contributed by atoms with van der Waals surface area (Å²) in [6.45, 7) is 1.47. The van der Waals surface area contributed by atoms with E-state index in [1.807, 2.05) is 54.6 Å². The number of aliphatic carboxylic acids is 1. The van der Waals surface area contributed by atoms with Crippen molar-refractivity contribution >= 4 is 17.8 Å². The number of rotatable bonds is 7. The van der Waals surface area contributed by atoms with E-state index in [9.17, 15) is 22.8 Å². The number of carboxylic acid groups (broad SMARTS) is 1. The fraction of sp³-hybridized carbons (Fsp3) is 0.423. The largest absolute Gasteiger partial charge is 0.490 e. The summed E-state index contributed by atoms with van der Waals surface area (Å²) in [5.74, 6) is -2.78. The SMILES string of the molecule is NCc1ccc(CNC(=O)[C@@H]2CC[C@H]3[C@@H](OCc4ccccc4)CCC(=O)N23)cc1.O=C(O)C(F)(F)F. The first-order valence-electron chi connectivity index (χ1n) is 11.9. The van der Waals surface area contributed by atoms with Gasteiger partial charge in [0.2, 0.25) is 11.8 Å². The molecule has 4 rings (SSSR count). The molecule has 2 aromatic rings. The highest BCUT2D eigenvalue weighted by molar-refractivity contribution is 5.89. The van der Waals surface area contributed by atoms with Gasteiger partial charge in [-0.3, -0.25) is 9.59 Å². The van der Waals surface area contributed by atoms with Crippen molar-refractivity contribution < 1.29 is 37.4 Å². The van der Waals surface area contributed by atoms with Crippen molar-refractivity contribution in [3.8, 4) is 0 Å². The van der Waals surface area contributed by atoms with E-state index >= 15 is 0 Å². The number of hydrogen-bond donors (Lipinski definition) is 3. The quantitative estimate of drug-likeness (QED) is 0.515. The summed E-state index contributed by atoms with van der Waals surface area (Å²) in [7, 11) is 0. The maximum Gasteiger partial charge on any atom is 0.490 e. The number of fused-ring (bicyclic) bond motifs is 1. The standard InChI is InChI=1S/C24H29N3O3.C2HF3O2/c25-14-17-6-8-18(9-7-17)15-26-24(29)21-11-10-20-22(12-13-23(28)27(20)21)30-16-19-4-2-1-3-5-19;3-2(4,5)1(6)7/h1-9,20-22H,10-16,25H2,(H,26,29);(H,6,7)/t20-,21-,22-;/m0./s1. The number of ether oxygens (including phenoxy) is 1. The molecule has 8 nitrogen and oxygen atoms in total. The predicted octanol–water partition coefficient (Wildman–Crippen LogP) is 3.13. The summed E-state index contributed by atoms with van der Waals surface area (Å²) in [5, 5.41) is 10.1. The zero-order valence-corrected chi connectivity index (χ0v) is 20.1. The van der Waals surface area contributed by atoms with Gasteiger partial charge >= 0.3 is 12.1 Å². The van der Waals surface area contributed by atoms with Crippen molar-refractivity contribution in [1.82, 2.24) is 10.2 Å². The molecular weight excluding hydrogens is 491 g/mol. The first-order valence-corrected chi connectivity index (χ1v) is 11.9. The number of nitrogens with zero attached hydrogens (tertiary/aromatic N) is 1. The monoisotopic (exact) mass is 521 g/mol. The highest BCUT2D eigenvalue weighted by Crippen LogP contribution is 2.34. The van der Waals surface area contributed by atoms with E-state index in [4.69, 9.17) is 20.4 Å². The smallest absolute Gasteiger partial charge is 0.475 e. The molecular formula is C26H30F3N3O5. The summed E-state index contributed by atoms with van der Waals surface area (Å²) < 4.78 is 37.9. The number of hydrogen-bond acceptors (Lipinski definition) is 5. The Hall–Kier alpha value is -3.44. The van der Waals surface area contributed by atoms with Crippen molar-refractivity contribution in [2.45, 2.75) is 69.7 Å². The second kappa shape index (κ2) is 12.7. The normalized spacial score (nSPS) is 21.0. The zero-order chi connectivity index (χ0) is 27.0. The summed E-state index contributed by atoms with van der Waals surface area (Å²) >= 11 is 0. The van der Waals surface area contributed by atoms with Crippen LogP contribution in [0.4, 0.5) is 13.2 Å². The Morgan fingerprint density at radius 3 is 2.22 bits per heavy atom. The van der Waals surface area contributed by atoms with Crippen LogP contribution < -0.4 is 11.1 Å². The van der Waals surface area contributed by atoms with Crippen LogP contribution in [0.3, 0.4) is 0 Å². The first-order chi connectivity index (χ1) is 17.6. The van der Waals surface area contributed by atoms with Crippen LogP contribution in [-0.4, -0.2) is 52.2 Å². The second-order valence-electron chi connectivity index (χ2n) is 8.88. The molecule has 11 heteroatoms. The van der Waals surface area contributed by atoms with Gasteiger partial charge in [0.25, 0.3) is 0 Å². The molecule has 0 aliphatic carbocycles. The molecule has 37 heavy (non-hydrogen) atoms. The molecule has 2 aliphatic heterocycles. The lowest BCUT2D eigenvalue weighted by Gasteiger charge is -2.38. The molecule has 0 spiro atoms. The van der Waals surface area contributed by atoms with Crippen LogP contribution >= 0.6 is 0 Å². The lowest BCUT2D eigenvalue weighted by Crippen LogP contribution is -2.55. The molecule has 0 bridgehead atoms. The fourth-order valence-electron chi connectivity index (χ4n) is 4.48. The van der Waals surface area contributed by atoms with E-state index in [1.54, 1.807) is 4.90 Å². The third kappa shape index (κ3) is 7.77. The number of halogens is 3. The van der Waals surface area contributed by atoms with E-state index in [0.717, 1.165) is 23.1 Å². The number of piperidine rings is 1. The van der Waals surface area contributed by atoms with Crippen molar-refractivity contribution in [3.05, 3.63) is 71.3 Å². The van der Waals surface area contributed by atoms with Gasteiger partial charge in [0.1, 0.15) is 6.04 Å². The van der Waals surface area contributed by atoms with Gasteiger partial charge in [-0.15, -0.1) is 0 Å². The van der Waals surface area contributed by atoms with Crippen molar-refractivity contribution in [2.75, 3.05) is 0 Å². The molecule has 2 saturated heterocycles. The fourth-order valence-corrected chi connectivity index (χ4v) is 4.48. The Balaban J connectivity index is 0.000000479. The Bertz CT molecular complexity index is 1060. The van der Waals surface area contributed by atoms with Crippen LogP contribution in [0.1, 0.15) is 42.4 Å². The average molecular weight is 522 g/mol. The maximum atomic E-state index is 12.9. The van der Waals surface area contributed by atoms with Crippen LogP contribution in [0.2, 0.25) is 0 Å². The van der Waals surface area contributed by atoms with Gasteiger partial charge in [0.15, 0.2) is 0 Å². The van der Waals surface area contributed by atoms with Gasteiger partial charge in [-0.05, 0) is 36.0 Å². The Morgan fingerprint density at radius 1 is 1.00 bits per heavy atom. The number of alkyl halides is 3. The predicted molar refractivity (Wildman–Crippen MR) is 128 cm³/mol. The first kappa shape index (κ1) is 28.1. The van der Waals surface area contributed by atoms with Crippen LogP contribution in [0.15, 0.2) is 54.6 Å². The summed E-state index contributed by atoms with van der Waals surface area (Å²) in [4.78, 5) is 36.2. The van der Waals surface area contributed by atoms with E-state index in [2.05, 4.69) is 5.32 Å². The molecule has 2 amide bonds. The molecule has 0 saturated carbocycles. The number of carboxylic acids is 1. The Labute approximate surface area is 212 Å². The highest BCUT2D eigenvalue weighted by atomic mass is 19.4. The number of amides is 2. The number of carbonyl (C=O) groups excluding carboxylic acids is 2. The lowest BCUT2D eigenvalue weighted by molar-refractivity contribution is -0.192. The van der Waals surface area contributed by atoms with Crippen molar-refractivity contribution in [3.63, 3.8) is 0 Å². The Kier molecular flexibility index (Phi) is 9.65. The summed E-state index contributed by atoms with van der Waals surface area (Å²) in [5.41, 5.74) is 8.82. The molecule has 0 aromatic heterocycles. The van der Waals surface area contributed by atoms with Crippen molar-refractivity contribution in [1.29, 1.82) is 0 Å². The zero-order valence-electron chi connectivity index (χ0n) is 20.1. The average Bonchev–Trinajstić information content (AvgIpc) is 3.34. The molecule has 2 fully saturated rings. The number of carbonyl (C=O) groups is 3. The summed E-state index contributed by atoms with van der Waals surface area (Å²) in [6, 6.07) is 17.5. The maximum absolute atomic E-state index is 12.9. The topological polar surface area (TPSA) is 122 Å².